The van der Waals surface area contributed by atoms with Crippen LogP contribution in [0.2, 0.25) is 0 Å². The van der Waals surface area contributed by atoms with Crippen LogP contribution < -0.4 is 15.5 Å². The summed E-state index contributed by atoms with van der Waals surface area (Å²) < 4.78 is 13.7. The lowest BCUT2D eigenvalue weighted by Crippen LogP contribution is -2.13. The maximum atomic E-state index is 13.7. The van der Waals surface area contributed by atoms with Gasteiger partial charge in [0.05, 0.1) is 23.1 Å². The summed E-state index contributed by atoms with van der Waals surface area (Å²) in [5.41, 5.74) is 3.11. The third-order valence-corrected chi connectivity index (χ3v) is 3.79. The van der Waals surface area contributed by atoms with Gasteiger partial charge in [0.25, 0.3) is 5.91 Å². The first kappa shape index (κ1) is 17.4. The maximum absolute atomic E-state index is 13.7. The summed E-state index contributed by atoms with van der Waals surface area (Å²) in [5, 5.41) is 5.76. The highest BCUT2D eigenvalue weighted by atomic mass is 19.1. The maximum Gasteiger partial charge on any atom is 0.257 e. The number of anilines is 4. The third-order valence-electron chi connectivity index (χ3n) is 3.79. The summed E-state index contributed by atoms with van der Waals surface area (Å²) in [6.45, 7) is 0. The Balaban J connectivity index is 1.73. The Morgan fingerprint density at radius 3 is 2.42 bits per heavy atom. The Morgan fingerprint density at radius 2 is 1.73 bits per heavy atom. The van der Waals surface area contributed by atoms with Gasteiger partial charge in [-0.1, -0.05) is 12.1 Å². The summed E-state index contributed by atoms with van der Waals surface area (Å²) in [7, 11) is 3.95. The van der Waals surface area contributed by atoms with Gasteiger partial charge in [0, 0.05) is 31.7 Å². The quantitative estimate of drug-likeness (QED) is 0.721. The van der Waals surface area contributed by atoms with E-state index in [1.807, 2.05) is 43.3 Å². The van der Waals surface area contributed by atoms with Crippen LogP contribution in [0.4, 0.5) is 27.1 Å². The standard InChI is InChI=1S/C20H19FN4O/c1-25(2)17-9-7-15(8-10-17)23-16-11-14(12-22-13-16)20(26)24-19-6-4-3-5-18(19)21/h3-13,23H,1-2H3,(H,24,26). The van der Waals surface area contributed by atoms with Gasteiger partial charge in [0.15, 0.2) is 0 Å². The van der Waals surface area contributed by atoms with Crippen molar-refractivity contribution in [3.8, 4) is 0 Å². The molecule has 0 unspecified atom stereocenters. The van der Waals surface area contributed by atoms with Crippen LogP contribution in [-0.2, 0) is 0 Å². The molecule has 0 aliphatic carbocycles. The van der Waals surface area contributed by atoms with Gasteiger partial charge in [-0.25, -0.2) is 4.39 Å². The number of carbonyl (C=O) groups is 1. The van der Waals surface area contributed by atoms with E-state index in [1.54, 1.807) is 24.4 Å². The Bertz CT molecular complexity index is 910. The highest BCUT2D eigenvalue weighted by Gasteiger charge is 2.10. The van der Waals surface area contributed by atoms with E-state index < -0.39 is 11.7 Å². The van der Waals surface area contributed by atoms with Gasteiger partial charge >= 0.3 is 0 Å². The Hall–Kier alpha value is -3.41. The Morgan fingerprint density at radius 1 is 1.00 bits per heavy atom. The van der Waals surface area contributed by atoms with Crippen LogP contribution in [0.3, 0.4) is 0 Å². The van der Waals surface area contributed by atoms with E-state index in [9.17, 15) is 9.18 Å². The number of carbonyl (C=O) groups excluding carboxylic acids is 1. The number of benzene rings is 2. The molecule has 6 heteroatoms. The molecule has 3 rings (SSSR count). The average molecular weight is 350 g/mol. The second-order valence-corrected chi connectivity index (χ2v) is 5.96. The zero-order valence-corrected chi connectivity index (χ0v) is 14.5. The van der Waals surface area contributed by atoms with E-state index in [4.69, 9.17) is 0 Å². The highest BCUT2D eigenvalue weighted by Crippen LogP contribution is 2.21. The number of rotatable bonds is 5. The van der Waals surface area contributed by atoms with E-state index in [0.717, 1.165) is 11.4 Å². The molecule has 0 radical (unpaired) electrons. The van der Waals surface area contributed by atoms with E-state index >= 15 is 0 Å². The molecule has 132 valence electrons. The fourth-order valence-electron chi connectivity index (χ4n) is 2.40. The van der Waals surface area contributed by atoms with Crippen molar-refractivity contribution in [2.24, 2.45) is 0 Å². The number of amides is 1. The van der Waals surface area contributed by atoms with Crippen LogP contribution in [0, 0.1) is 5.82 Å². The van der Waals surface area contributed by atoms with Crippen LogP contribution in [0.25, 0.3) is 0 Å². The predicted molar refractivity (Wildman–Crippen MR) is 103 cm³/mol. The van der Waals surface area contributed by atoms with Crippen molar-refractivity contribution >= 4 is 28.7 Å². The van der Waals surface area contributed by atoms with Crippen molar-refractivity contribution in [1.82, 2.24) is 4.98 Å². The van der Waals surface area contributed by atoms with Crippen molar-refractivity contribution in [3.05, 3.63) is 78.4 Å². The minimum atomic E-state index is -0.482. The fraction of sp³-hybridized carbons (Fsp3) is 0.100. The van der Waals surface area contributed by atoms with Crippen LogP contribution >= 0.6 is 0 Å². The van der Waals surface area contributed by atoms with Crippen LogP contribution in [0.1, 0.15) is 10.4 Å². The van der Waals surface area contributed by atoms with Crippen LogP contribution in [-0.4, -0.2) is 25.0 Å². The third kappa shape index (κ3) is 4.16. The molecular formula is C20H19FN4O. The zero-order valence-electron chi connectivity index (χ0n) is 14.5. The normalized spacial score (nSPS) is 10.3. The molecule has 2 N–H and O–H groups in total. The molecule has 0 aliphatic heterocycles. The first-order valence-electron chi connectivity index (χ1n) is 8.08. The number of para-hydroxylation sites is 1. The minimum Gasteiger partial charge on any atom is -0.378 e. The topological polar surface area (TPSA) is 57.3 Å². The molecule has 0 spiro atoms. The zero-order chi connectivity index (χ0) is 18.5. The second-order valence-electron chi connectivity index (χ2n) is 5.96. The molecule has 1 heterocycles. The summed E-state index contributed by atoms with van der Waals surface area (Å²) in [4.78, 5) is 18.4. The van der Waals surface area contributed by atoms with Crippen molar-refractivity contribution < 1.29 is 9.18 Å². The highest BCUT2D eigenvalue weighted by molar-refractivity contribution is 6.04. The fourth-order valence-corrected chi connectivity index (χ4v) is 2.40. The van der Waals surface area contributed by atoms with E-state index in [-0.39, 0.29) is 5.69 Å². The smallest absolute Gasteiger partial charge is 0.257 e. The van der Waals surface area contributed by atoms with Crippen molar-refractivity contribution in [1.29, 1.82) is 0 Å². The van der Waals surface area contributed by atoms with Crippen molar-refractivity contribution in [3.63, 3.8) is 0 Å². The van der Waals surface area contributed by atoms with Crippen LogP contribution in [0.15, 0.2) is 67.0 Å². The number of halogens is 1. The first-order valence-corrected chi connectivity index (χ1v) is 8.08. The minimum absolute atomic E-state index is 0.134. The van der Waals surface area contributed by atoms with Gasteiger partial charge in [-0.05, 0) is 42.5 Å². The summed E-state index contributed by atoms with van der Waals surface area (Å²) in [6.07, 6.45) is 3.07. The molecule has 3 aromatic rings. The summed E-state index contributed by atoms with van der Waals surface area (Å²) >= 11 is 0. The second kappa shape index (κ2) is 7.65. The molecule has 1 amide bonds. The van der Waals surface area contributed by atoms with Gasteiger partial charge in [-0.2, -0.15) is 0 Å². The molecule has 0 aliphatic rings. The molecule has 1 aromatic heterocycles. The Labute approximate surface area is 151 Å². The number of hydrogen-bond acceptors (Lipinski definition) is 4. The summed E-state index contributed by atoms with van der Waals surface area (Å²) in [5.74, 6) is -0.904. The van der Waals surface area contributed by atoms with Crippen LogP contribution in [0.5, 0.6) is 0 Å². The van der Waals surface area contributed by atoms with E-state index in [0.29, 0.717) is 11.3 Å². The molecule has 0 atom stereocenters. The molecule has 0 fully saturated rings. The predicted octanol–water partition coefficient (Wildman–Crippen LogP) is 4.28. The number of nitrogens with zero attached hydrogens (tertiary/aromatic N) is 2. The molecule has 2 aromatic carbocycles. The summed E-state index contributed by atoms with van der Waals surface area (Å²) in [6, 6.07) is 15.6. The molecular weight excluding hydrogens is 331 g/mol. The van der Waals surface area contributed by atoms with Gasteiger partial charge in [-0.15, -0.1) is 0 Å². The van der Waals surface area contributed by atoms with Gasteiger partial charge in [-0.3, -0.25) is 9.78 Å². The lowest BCUT2D eigenvalue weighted by molar-refractivity contribution is 0.102. The van der Waals surface area contributed by atoms with E-state index in [2.05, 4.69) is 15.6 Å². The Kier molecular flexibility index (Phi) is 5.12. The lowest BCUT2D eigenvalue weighted by Gasteiger charge is -2.13. The number of aromatic nitrogens is 1. The largest absolute Gasteiger partial charge is 0.378 e. The van der Waals surface area contributed by atoms with Crippen molar-refractivity contribution in [2.45, 2.75) is 0 Å². The van der Waals surface area contributed by atoms with Gasteiger partial charge in [0.1, 0.15) is 5.82 Å². The monoisotopic (exact) mass is 350 g/mol. The average Bonchev–Trinajstić information content (AvgIpc) is 2.64. The van der Waals surface area contributed by atoms with Gasteiger partial charge in [0.2, 0.25) is 0 Å². The molecule has 0 saturated carbocycles. The van der Waals surface area contributed by atoms with Crippen molar-refractivity contribution in [2.75, 3.05) is 29.6 Å². The molecule has 26 heavy (non-hydrogen) atoms. The SMILES string of the molecule is CN(C)c1ccc(Nc2cncc(C(=O)Nc3ccccc3F)c2)cc1. The van der Waals surface area contributed by atoms with Gasteiger partial charge < -0.3 is 15.5 Å². The molecule has 0 saturated heterocycles. The number of hydrogen-bond donors (Lipinski definition) is 2. The lowest BCUT2D eigenvalue weighted by atomic mass is 10.2. The first-order chi connectivity index (χ1) is 12.5. The number of nitrogens with one attached hydrogen (secondary N) is 2. The van der Waals surface area contributed by atoms with E-state index in [1.165, 1.54) is 18.3 Å². The molecule has 0 bridgehead atoms. The molecule has 5 nitrogen and oxygen atoms in total. The number of pyridine rings is 1.